The Morgan fingerprint density at radius 2 is 1.89 bits per heavy atom. The predicted molar refractivity (Wildman–Crippen MR) is 111 cm³/mol. The molecule has 1 aliphatic heterocycles. The quantitative estimate of drug-likeness (QED) is 0.477. The van der Waals surface area contributed by atoms with Gasteiger partial charge in [0.05, 0.1) is 13.0 Å². The van der Waals surface area contributed by atoms with E-state index in [4.69, 9.17) is 9.47 Å². The van der Waals surface area contributed by atoms with Crippen LogP contribution in [0.25, 0.3) is 0 Å². The molecule has 1 saturated heterocycles. The van der Waals surface area contributed by atoms with E-state index in [9.17, 15) is 4.79 Å². The molecule has 0 spiro atoms. The molecular formula is C22H27NO3S. The summed E-state index contributed by atoms with van der Waals surface area (Å²) in [4.78, 5) is 15.4. The topological polar surface area (TPSA) is 38.8 Å². The van der Waals surface area contributed by atoms with Crippen molar-refractivity contribution in [1.82, 2.24) is 0 Å². The van der Waals surface area contributed by atoms with E-state index < -0.39 is 0 Å². The van der Waals surface area contributed by atoms with E-state index in [1.54, 1.807) is 11.8 Å². The Morgan fingerprint density at radius 1 is 1.15 bits per heavy atom. The third-order valence-corrected chi connectivity index (χ3v) is 5.56. The minimum atomic E-state index is -0.109. The van der Waals surface area contributed by atoms with Crippen molar-refractivity contribution in [2.24, 2.45) is 0 Å². The Hall–Kier alpha value is -2.14. The molecule has 0 unspecified atom stereocenters. The lowest BCUT2D eigenvalue weighted by molar-refractivity contribution is -0.143. The first kappa shape index (κ1) is 19.6. The molecule has 27 heavy (non-hydrogen) atoms. The second-order valence-electron chi connectivity index (χ2n) is 6.63. The van der Waals surface area contributed by atoms with Crippen molar-refractivity contribution in [3.05, 3.63) is 54.1 Å². The highest BCUT2D eigenvalue weighted by Crippen LogP contribution is 2.29. The number of carbonyl (C=O) groups is 1. The largest absolute Gasteiger partial charge is 0.489 e. The van der Waals surface area contributed by atoms with Crippen LogP contribution in [0, 0.1) is 0 Å². The molecule has 144 valence electrons. The zero-order valence-electron chi connectivity index (χ0n) is 16.0. The molecule has 0 N–H and O–H groups in total. The van der Waals surface area contributed by atoms with Gasteiger partial charge in [-0.2, -0.15) is 0 Å². The molecule has 2 aromatic rings. The first-order chi connectivity index (χ1) is 13.2. The van der Waals surface area contributed by atoms with Crippen LogP contribution < -0.4 is 9.64 Å². The van der Waals surface area contributed by atoms with Crippen molar-refractivity contribution >= 4 is 23.4 Å². The van der Waals surface area contributed by atoms with Gasteiger partial charge < -0.3 is 14.4 Å². The van der Waals surface area contributed by atoms with Crippen LogP contribution in [0.3, 0.4) is 0 Å². The fourth-order valence-corrected chi connectivity index (χ4v) is 3.83. The molecule has 0 aromatic heterocycles. The van der Waals surface area contributed by atoms with Crippen LogP contribution in [0.4, 0.5) is 5.69 Å². The first-order valence-electron chi connectivity index (χ1n) is 9.47. The average Bonchev–Trinajstić information content (AvgIpc) is 3.15. The summed E-state index contributed by atoms with van der Waals surface area (Å²) in [5.41, 5.74) is 2.30. The highest BCUT2D eigenvalue weighted by Gasteiger charge is 2.27. The molecule has 0 bridgehead atoms. The lowest BCUT2D eigenvalue weighted by Gasteiger charge is -2.26. The third-order valence-electron chi connectivity index (χ3n) is 4.82. The van der Waals surface area contributed by atoms with Crippen molar-refractivity contribution in [3.8, 4) is 5.75 Å². The Morgan fingerprint density at radius 3 is 2.56 bits per heavy atom. The molecule has 1 fully saturated rings. The van der Waals surface area contributed by atoms with E-state index >= 15 is 0 Å². The van der Waals surface area contributed by atoms with Crippen LogP contribution in [0.1, 0.15) is 31.7 Å². The standard InChI is InChI=1S/C22H27NO3S/c1-3-25-22(24)15-19-5-4-14-23(19)18-8-10-20(11-9-18)26-16-17-6-12-21(27-2)13-7-17/h6-13,19H,3-5,14-16H2,1-2H3/t19-/m0/s1. The van der Waals surface area contributed by atoms with Gasteiger partial charge in [0.2, 0.25) is 0 Å². The first-order valence-corrected chi connectivity index (χ1v) is 10.7. The van der Waals surface area contributed by atoms with Gasteiger partial charge in [0.15, 0.2) is 0 Å². The van der Waals surface area contributed by atoms with Gasteiger partial charge >= 0.3 is 5.97 Å². The van der Waals surface area contributed by atoms with Gasteiger partial charge in [-0.05, 0) is 68.0 Å². The zero-order valence-corrected chi connectivity index (χ0v) is 16.8. The molecule has 1 heterocycles. The molecular weight excluding hydrogens is 358 g/mol. The van der Waals surface area contributed by atoms with Crippen LogP contribution in [0.15, 0.2) is 53.4 Å². The fraction of sp³-hybridized carbons (Fsp3) is 0.409. The Kier molecular flexibility index (Phi) is 7.04. The normalized spacial score (nSPS) is 16.4. The van der Waals surface area contributed by atoms with Crippen molar-refractivity contribution in [2.45, 2.75) is 43.7 Å². The van der Waals surface area contributed by atoms with Crippen molar-refractivity contribution in [2.75, 3.05) is 24.3 Å². The van der Waals surface area contributed by atoms with Crippen LogP contribution >= 0.6 is 11.8 Å². The second-order valence-corrected chi connectivity index (χ2v) is 7.51. The number of nitrogens with zero attached hydrogens (tertiary/aromatic N) is 1. The highest BCUT2D eigenvalue weighted by atomic mass is 32.2. The number of hydrogen-bond donors (Lipinski definition) is 0. The predicted octanol–water partition coefficient (Wildman–Crippen LogP) is 4.91. The van der Waals surface area contributed by atoms with E-state index in [-0.39, 0.29) is 12.0 Å². The van der Waals surface area contributed by atoms with Gasteiger partial charge in [-0.3, -0.25) is 4.79 Å². The van der Waals surface area contributed by atoms with Gasteiger partial charge in [0, 0.05) is 23.2 Å². The Labute approximate surface area is 165 Å². The number of carbonyl (C=O) groups excluding carboxylic acids is 1. The molecule has 2 aromatic carbocycles. The summed E-state index contributed by atoms with van der Waals surface area (Å²) in [6.45, 7) is 3.83. The zero-order chi connectivity index (χ0) is 19.1. The maximum Gasteiger partial charge on any atom is 0.307 e. The van der Waals surface area contributed by atoms with Crippen molar-refractivity contribution in [1.29, 1.82) is 0 Å². The van der Waals surface area contributed by atoms with Crippen LogP contribution in [0.5, 0.6) is 5.75 Å². The monoisotopic (exact) mass is 385 g/mol. The summed E-state index contributed by atoms with van der Waals surface area (Å²) in [7, 11) is 0. The molecule has 0 saturated carbocycles. The summed E-state index contributed by atoms with van der Waals surface area (Å²) in [5.74, 6) is 0.746. The number of esters is 1. The number of thioether (sulfide) groups is 1. The van der Waals surface area contributed by atoms with Crippen molar-refractivity contribution < 1.29 is 14.3 Å². The molecule has 1 aliphatic rings. The Balaban J connectivity index is 1.56. The van der Waals surface area contributed by atoms with Crippen LogP contribution in [-0.4, -0.2) is 31.4 Å². The lowest BCUT2D eigenvalue weighted by Crippen LogP contribution is -2.31. The smallest absolute Gasteiger partial charge is 0.307 e. The summed E-state index contributed by atoms with van der Waals surface area (Å²) < 4.78 is 11.0. The molecule has 4 nitrogen and oxygen atoms in total. The van der Waals surface area contributed by atoms with Gasteiger partial charge in [-0.15, -0.1) is 11.8 Å². The van der Waals surface area contributed by atoms with E-state index in [0.29, 0.717) is 19.6 Å². The van der Waals surface area contributed by atoms with Gasteiger partial charge in [0.1, 0.15) is 12.4 Å². The van der Waals surface area contributed by atoms with E-state index in [2.05, 4.69) is 47.6 Å². The highest BCUT2D eigenvalue weighted by molar-refractivity contribution is 7.98. The molecule has 1 atom stereocenters. The van der Waals surface area contributed by atoms with Crippen LogP contribution in [0.2, 0.25) is 0 Å². The number of ether oxygens (including phenoxy) is 2. The average molecular weight is 386 g/mol. The number of hydrogen-bond acceptors (Lipinski definition) is 5. The third kappa shape index (κ3) is 5.42. The number of benzene rings is 2. The lowest BCUT2D eigenvalue weighted by atomic mass is 10.1. The maximum absolute atomic E-state index is 11.8. The van der Waals surface area contributed by atoms with E-state index in [1.807, 2.05) is 19.1 Å². The molecule has 0 amide bonds. The van der Waals surface area contributed by atoms with E-state index in [0.717, 1.165) is 36.4 Å². The van der Waals surface area contributed by atoms with Gasteiger partial charge in [-0.1, -0.05) is 12.1 Å². The molecule has 5 heteroatoms. The minimum absolute atomic E-state index is 0.109. The summed E-state index contributed by atoms with van der Waals surface area (Å²) in [6.07, 6.45) is 4.67. The maximum atomic E-state index is 11.8. The SMILES string of the molecule is CCOC(=O)C[C@@H]1CCCN1c1ccc(OCc2ccc(SC)cc2)cc1. The molecule has 0 aliphatic carbocycles. The number of anilines is 1. The van der Waals surface area contributed by atoms with Crippen LogP contribution in [-0.2, 0) is 16.1 Å². The van der Waals surface area contributed by atoms with Gasteiger partial charge in [-0.25, -0.2) is 0 Å². The Bertz CT molecular complexity index is 730. The van der Waals surface area contributed by atoms with Crippen molar-refractivity contribution in [3.63, 3.8) is 0 Å². The summed E-state index contributed by atoms with van der Waals surface area (Å²) in [6, 6.07) is 16.8. The summed E-state index contributed by atoms with van der Waals surface area (Å²) >= 11 is 1.74. The fourth-order valence-electron chi connectivity index (χ4n) is 3.42. The summed E-state index contributed by atoms with van der Waals surface area (Å²) in [5, 5.41) is 0. The second kappa shape index (κ2) is 9.70. The minimum Gasteiger partial charge on any atom is -0.489 e. The molecule has 0 radical (unpaired) electrons. The number of rotatable bonds is 8. The van der Waals surface area contributed by atoms with Gasteiger partial charge in [0.25, 0.3) is 0 Å². The van der Waals surface area contributed by atoms with E-state index in [1.165, 1.54) is 4.90 Å². The molecule has 3 rings (SSSR count).